The summed E-state index contributed by atoms with van der Waals surface area (Å²) in [6.45, 7) is 5.08. The van der Waals surface area contributed by atoms with E-state index in [-0.39, 0.29) is 30.2 Å². The van der Waals surface area contributed by atoms with Crippen molar-refractivity contribution in [2.75, 3.05) is 13.1 Å². The van der Waals surface area contributed by atoms with Gasteiger partial charge in [0.1, 0.15) is 11.5 Å². The second-order valence-corrected chi connectivity index (χ2v) is 7.29. The van der Waals surface area contributed by atoms with Crippen LogP contribution in [0.5, 0.6) is 0 Å². The number of likely N-dealkylation sites (tertiary alicyclic amines) is 1. The SMILES string of the molecule is Cc1nc(C(=O)N2CCCC(C(C)N)C2)nn1-c1c(Cl)cccc1Cl.Cl. The maximum atomic E-state index is 12.8. The van der Waals surface area contributed by atoms with Gasteiger partial charge in [-0.1, -0.05) is 29.3 Å². The molecular weight excluding hydrogens is 397 g/mol. The van der Waals surface area contributed by atoms with Crippen LogP contribution < -0.4 is 5.73 Å². The van der Waals surface area contributed by atoms with Gasteiger partial charge in [-0.25, -0.2) is 9.67 Å². The fourth-order valence-electron chi connectivity index (χ4n) is 3.15. The van der Waals surface area contributed by atoms with Crippen molar-refractivity contribution in [2.24, 2.45) is 11.7 Å². The fourth-order valence-corrected chi connectivity index (χ4v) is 3.71. The molecule has 1 saturated heterocycles. The van der Waals surface area contributed by atoms with E-state index in [4.69, 9.17) is 28.9 Å². The molecular formula is C17H22Cl3N5O. The summed E-state index contributed by atoms with van der Waals surface area (Å²) in [7, 11) is 0. The van der Waals surface area contributed by atoms with Gasteiger partial charge in [-0.05, 0) is 44.7 Å². The number of halogens is 3. The van der Waals surface area contributed by atoms with E-state index in [1.807, 2.05) is 6.92 Å². The maximum Gasteiger partial charge on any atom is 0.293 e. The molecule has 2 aromatic rings. The molecule has 0 bridgehead atoms. The number of carbonyl (C=O) groups excluding carboxylic acids is 1. The van der Waals surface area contributed by atoms with Gasteiger partial charge in [0.15, 0.2) is 0 Å². The molecule has 2 N–H and O–H groups in total. The number of piperidine rings is 1. The average Bonchev–Trinajstić information content (AvgIpc) is 2.96. The number of para-hydroxylation sites is 1. The lowest BCUT2D eigenvalue weighted by Crippen LogP contribution is -2.45. The van der Waals surface area contributed by atoms with E-state index in [1.165, 1.54) is 4.68 Å². The summed E-state index contributed by atoms with van der Waals surface area (Å²) in [5, 5.41) is 5.27. The van der Waals surface area contributed by atoms with Crippen LogP contribution in [-0.2, 0) is 0 Å². The fraction of sp³-hybridized carbons (Fsp3) is 0.471. The van der Waals surface area contributed by atoms with Gasteiger partial charge in [-0.3, -0.25) is 4.79 Å². The summed E-state index contributed by atoms with van der Waals surface area (Å²) in [4.78, 5) is 18.9. The first kappa shape index (κ1) is 21.0. The summed E-state index contributed by atoms with van der Waals surface area (Å²) in [5.74, 6) is 0.826. The number of hydrogen-bond donors (Lipinski definition) is 1. The van der Waals surface area contributed by atoms with Crippen molar-refractivity contribution < 1.29 is 4.79 Å². The van der Waals surface area contributed by atoms with Crippen molar-refractivity contribution in [1.82, 2.24) is 19.7 Å². The molecule has 1 aliphatic rings. The summed E-state index contributed by atoms with van der Waals surface area (Å²) in [5.41, 5.74) is 6.53. The third-order valence-electron chi connectivity index (χ3n) is 4.60. The zero-order valence-corrected chi connectivity index (χ0v) is 17.0. The third kappa shape index (κ3) is 4.14. The van der Waals surface area contributed by atoms with Crippen LogP contribution in [0.3, 0.4) is 0 Å². The van der Waals surface area contributed by atoms with Gasteiger partial charge in [0.05, 0.1) is 10.0 Å². The maximum absolute atomic E-state index is 12.8. The molecule has 0 spiro atoms. The Kier molecular flexibility index (Phi) is 6.91. The van der Waals surface area contributed by atoms with Gasteiger partial charge in [0.2, 0.25) is 5.82 Å². The topological polar surface area (TPSA) is 77.0 Å². The second-order valence-electron chi connectivity index (χ2n) is 6.48. The minimum absolute atomic E-state index is 0. The number of nitrogens with two attached hydrogens (primary N) is 1. The molecule has 2 atom stereocenters. The normalized spacial score (nSPS) is 18.3. The molecule has 0 saturated carbocycles. The van der Waals surface area contributed by atoms with Crippen LogP contribution in [0.15, 0.2) is 18.2 Å². The highest BCUT2D eigenvalue weighted by Crippen LogP contribution is 2.28. The lowest BCUT2D eigenvalue weighted by Gasteiger charge is -2.33. The minimum Gasteiger partial charge on any atom is -0.336 e. The van der Waals surface area contributed by atoms with E-state index in [2.05, 4.69) is 10.1 Å². The molecule has 6 nitrogen and oxygen atoms in total. The first-order valence-electron chi connectivity index (χ1n) is 8.31. The smallest absolute Gasteiger partial charge is 0.293 e. The van der Waals surface area contributed by atoms with Gasteiger partial charge < -0.3 is 10.6 Å². The number of benzene rings is 1. The van der Waals surface area contributed by atoms with E-state index in [9.17, 15) is 4.79 Å². The number of rotatable bonds is 3. The van der Waals surface area contributed by atoms with Crippen molar-refractivity contribution in [1.29, 1.82) is 0 Å². The first-order chi connectivity index (χ1) is 11.9. The monoisotopic (exact) mass is 417 g/mol. The Morgan fingerprint density at radius 3 is 2.62 bits per heavy atom. The number of hydrogen-bond acceptors (Lipinski definition) is 4. The molecule has 1 aromatic carbocycles. The van der Waals surface area contributed by atoms with Crippen molar-refractivity contribution >= 4 is 41.5 Å². The Bertz CT molecular complexity index is 772. The number of aromatic nitrogens is 3. The van der Waals surface area contributed by atoms with Gasteiger partial charge in [0, 0.05) is 19.1 Å². The van der Waals surface area contributed by atoms with Gasteiger partial charge in [-0.15, -0.1) is 17.5 Å². The van der Waals surface area contributed by atoms with Crippen LogP contribution in [0.4, 0.5) is 0 Å². The number of aryl methyl sites for hydroxylation is 1. The van der Waals surface area contributed by atoms with Crippen molar-refractivity contribution in [3.05, 3.63) is 39.9 Å². The van der Waals surface area contributed by atoms with Crippen LogP contribution in [0.2, 0.25) is 10.0 Å². The molecule has 1 amide bonds. The van der Waals surface area contributed by atoms with Crippen molar-refractivity contribution in [3.63, 3.8) is 0 Å². The third-order valence-corrected chi connectivity index (χ3v) is 5.21. The highest BCUT2D eigenvalue weighted by atomic mass is 35.5. The molecule has 2 unspecified atom stereocenters. The summed E-state index contributed by atoms with van der Waals surface area (Å²) >= 11 is 12.5. The molecule has 142 valence electrons. The standard InChI is InChI=1S/C17H21Cl2N5O.ClH/c1-10(20)12-5-4-8-23(9-12)17(25)16-21-11(2)24(22-16)15-13(18)6-3-7-14(15)19;/h3,6-7,10,12H,4-5,8-9,20H2,1-2H3;1H. The summed E-state index contributed by atoms with van der Waals surface area (Å²) < 4.78 is 1.52. The highest BCUT2D eigenvalue weighted by Gasteiger charge is 2.29. The Hall–Kier alpha value is -1.34. The van der Waals surface area contributed by atoms with Gasteiger partial charge >= 0.3 is 0 Å². The van der Waals surface area contributed by atoms with Crippen LogP contribution in [0.1, 0.15) is 36.2 Å². The van der Waals surface area contributed by atoms with Gasteiger partial charge in [0.25, 0.3) is 5.91 Å². The van der Waals surface area contributed by atoms with Crippen LogP contribution in [-0.4, -0.2) is 44.7 Å². The molecule has 1 aliphatic heterocycles. The molecule has 0 aliphatic carbocycles. The molecule has 2 heterocycles. The Balaban J connectivity index is 0.00000243. The Morgan fingerprint density at radius 1 is 1.35 bits per heavy atom. The summed E-state index contributed by atoms with van der Waals surface area (Å²) in [6.07, 6.45) is 1.98. The number of nitrogens with zero attached hydrogens (tertiary/aromatic N) is 4. The van der Waals surface area contributed by atoms with Crippen LogP contribution in [0.25, 0.3) is 5.69 Å². The zero-order valence-electron chi connectivity index (χ0n) is 14.7. The number of carbonyl (C=O) groups is 1. The van der Waals surface area contributed by atoms with E-state index in [0.29, 0.717) is 40.6 Å². The van der Waals surface area contributed by atoms with Crippen molar-refractivity contribution in [3.8, 4) is 5.69 Å². The molecule has 26 heavy (non-hydrogen) atoms. The Morgan fingerprint density at radius 2 is 2.00 bits per heavy atom. The lowest BCUT2D eigenvalue weighted by atomic mass is 9.92. The van der Waals surface area contributed by atoms with E-state index in [0.717, 1.165) is 12.8 Å². The van der Waals surface area contributed by atoms with Crippen LogP contribution in [0, 0.1) is 12.8 Å². The van der Waals surface area contributed by atoms with E-state index in [1.54, 1.807) is 30.0 Å². The Labute approximate surface area is 169 Å². The van der Waals surface area contributed by atoms with Crippen molar-refractivity contribution in [2.45, 2.75) is 32.7 Å². The number of amides is 1. The lowest BCUT2D eigenvalue weighted by molar-refractivity contribution is 0.0648. The predicted molar refractivity (Wildman–Crippen MR) is 106 cm³/mol. The van der Waals surface area contributed by atoms with E-state index >= 15 is 0 Å². The predicted octanol–water partition coefficient (Wildman–Crippen LogP) is 3.50. The highest BCUT2D eigenvalue weighted by molar-refractivity contribution is 6.37. The molecule has 1 fully saturated rings. The molecule has 0 radical (unpaired) electrons. The molecule has 1 aromatic heterocycles. The van der Waals surface area contributed by atoms with E-state index < -0.39 is 0 Å². The average molecular weight is 419 g/mol. The summed E-state index contributed by atoms with van der Waals surface area (Å²) in [6, 6.07) is 5.27. The largest absolute Gasteiger partial charge is 0.336 e. The molecule has 9 heteroatoms. The van der Waals surface area contributed by atoms with Gasteiger partial charge in [-0.2, -0.15) is 0 Å². The first-order valence-corrected chi connectivity index (χ1v) is 9.07. The molecule has 3 rings (SSSR count). The van der Waals surface area contributed by atoms with Crippen LogP contribution >= 0.6 is 35.6 Å². The second kappa shape index (κ2) is 8.57. The quantitative estimate of drug-likeness (QED) is 0.827. The minimum atomic E-state index is -0.185. The zero-order chi connectivity index (χ0) is 18.1.